The van der Waals surface area contributed by atoms with Crippen molar-refractivity contribution in [3.05, 3.63) is 52.2 Å². The zero-order valence-electron chi connectivity index (χ0n) is 13.1. The van der Waals surface area contributed by atoms with Crippen LogP contribution in [0.4, 0.5) is 5.00 Å². The fourth-order valence-electron chi connectivity index (χ4n) is 1.81. The highest BCUT2D eigenvalue weighted by Gasteiger charge is 2.12. The molecular weight excluding hydrogens is 396 g/mol. The van der Waals surface area contributed by atoms with Crippen LogP contribution in [0.5, 0.6) is 5.75 Å². The summed E-state index contributed by atoms with van der Waals surface area (Å²) in [6.45, 7) is 0.113. The zero-order valence-corrected chi connectivity index (χ0v) is 15.5. The highest BCUT2D eigenvalue weighted by Crippen LogP contribution is 2.23. The van der Waals surface area contributed by atoms with Gasteiger partial charge in [-0.25, -0.2) is 0 Å². The summed E-state index contributed by atoms with van der Waals surface area (Å²) in [5.74, 6) is 0.757. The molecule has 3 rings (SSSR count). The largest absolute Gasteiger partial charge is 0.484 e. The topological polar surface area (TPSA) is 101 Å². The lowest BCUT2D eigenvalue weighted by Crippen LogP contribution is -2.13. The standard InChI is InChI=1S/C16H11ClN4O3S2/c17-11-1-3-12(4-2-11)23-8-14-20-21-16(24-14)26-9-13(22)19-15-10(7-18)5-6-25-15/h1-6H,8-9H2,(H,19,22). The predicted octanol–water partition coefficient (Wildman–Crippen LogP) is 3.97. The maximum atomic E-state index is 11.9. The van der Waals surface area contributed by atoms with E-state index in [1.807, 2.05) is 6.07 Å². The van der Waals surface area contributed by atoms with Crippen molar-refractivity contribution in [3.8, 4) is 11.8 Å². The van der Waals surface area contributed by atoms with Gasteiger partial charge < -0.3 is 14.5 Å². The van der Waals surface area contributed by atoms with Gasteiger partial charge in [0.2, 0.25) is 5.91 Å². The second-order valence-electron chi connectivity index (χ2n) is 4.82. The highest BCUT2D eigenvalue weighted by atomic mass is 35.5. The minimum Gasteiger partial charge on any atom is -0.484 e. The van der Waals surface area contributed by atoms with Gasteiger partial charge in [-0.3, -0.25) is 4.79 Å². The molecule has 26 heavy (non-hydrogen) atoms. The van der Waals surface area contributed by atoms with Crippen LogP contribution in [0, 0.1) is 11.3 Å². The van der Waals surface area contributed by atoms with Gasteiger partial charge in [0.15, 0.2) is 6.61 Å². The van der Waals surface area contributed by atoms with Crippen molar-refractivity contribution in [2.45, 2.75) is 11.8 Å². The number of rotatable bonds is 7. The van der Waals surface area contributed by atoms with Crippen molar-refractivity contribution in [2.75, 3.05) is 11.1 Å². The Bertz CT molecular complexity index is 934. The molecule has 0 atom stereocenters. The lowest BCUT2D eigenvalue weighted by atomic mass is 10.3. The number of hydrogen-bond donors (Lipinski definition) is 1. The maximum absolute atomic E-state index is 11.9. The lowest BCUT2D eigenvalue weighted by molar-refractivity contribution is -0.113. The first kappa shape index (κ1) is 18.3. The maximum Gasteiger partial charge on any atom is 0.277 e. The molecule has 0 aliphatic rings. The quantitative estimate of drug-likeness (QED) is 0.592. The van der Waals surface area contributed by atoms with E-state index in [1.54, 1.807) is 35.7 Å². The Hall–Kier alpha value is -2.54. The number of halogens is 1. The third-order valence-corrected chi connectivity index (χ3v) is 4.89. The SMILES string of the molecule is N#Cc1ccsc1NC(=O)CSc1nnc(COc2ccc(Cl)cc2)o1. The predicted molar refractivity (Wildman–Crippen MR) is 98.5 cm³/mol. The monoisotopic (exact) mass is 406 g/mol. The van der Waals surface area contributed by atoms with Gasteiger partial charge in [0.1, 0.15) is 16.8 Å². The lowest BCUT2D eigenvalue weighted by Gasteiger charge is -2.02. The number of carbonyl (C=O) groups excluding carboxylic acids is 1. The average molecular weight is 407 g/mol. The van der Waals surface area contributed by atoms with Crippen LogP contribution in [0.25, 0.3) is 0 Å². The van der Waals surface area contributed by atoms with Crippen LogP contribution in [0.15, 0.2) is 45.4 Å². The van der Waals surface area contributed by atoms with Crippen LogP contribution in [0.2, 0.25) is 5.02 Å². The molecule has 0 bridgehead atoms. The molecule has 0 spiro atoms. The molecule has 3 aromatic rings. The molecule has 2 heterocycles. The van der Waals surface area contributed by atoms with Crippen molar-refractivity contribution in [1.29, 1.82) is 5.26 Å². The number of carbonyl (C=O) groups is 1. The molecule has 1 N–H and O–H groups in total. The molecular formula is C16H11ClN4O3S2. The summed E-state index contributed by atoms with van der Waals surface area (Å²) in [6.07, 6.45) is 0. The number of ether oxygens (including phenoxy) is 1. The van der Waals surface area contributed by atoms with Gasteiger partial charge in [0.25, 0.3) is 11.1 Å². The number of anilines is 1. The van der Waals surface area contributed by atoms with E-state index in [9.17, 15) is 4.79 Å². The summed E-state index contributed by atoms with van der Waals surface area (Å²) in [4.78, 5) is 11.9. The summed E-state index contributed by atoms with van der Waals surface area (Å²) in [7, 11) is 0. The van der Waals surface area contributed by atoms with Gasteiger partial charge in [-0.2, -0.15) is 5.26 Å². The molecule has 7 nitrogen and oxygen atoms in total. The van der Waals surface area contributed by atoms with Crippen LogP contribution in [0.1, 0.15) is 11.5 Å². The summed E-state index contributed by atoms with van der Waals surface area (Å²) in [5, 5.41) is 22.5. The zero-order chi connectivity index (χ0) is 18.4. The number of benzene rings is 1. The number of nitrogens with one attached hydrogen (secondary N) is 1. The molecule has 0 saturated heterocycles. The van der Waals surface area contributed by atoms with E-state index in [0.29, 0.717) is 27.2 Å². The first-order chi connectivity index (χ1) is 12.6. The minimum absolute atomic E-state index is 0.0858. The highest BCUT2D eigenvalue weighted by molar-refractivity contribution is 7.99. The van der Waals surface area contributed by atoms with Crippen molar-refractivity contribution in [2.24, 2.45) is 0 Å². The van der Waals surface area contributed by atoms with Gasteiger partial charge >= 0.3 is 0 Å². The van der Waals surface area contributed by atoms with Crippen LogP contribution >= 0.6 is 34.7 Å². The molecule has 0 radical (unpaired) electrons. The molecule has 0 aliphatic carbocycles. The number of thioether (sulfide) groups is 1. The third-order valence-electron chi connectivity index (χ3n) is 2.99. The van der Waals surface area contributed by atoms with Crippen LogP contribution < -0.4 is 10.1 Å². The summed E-state index contributed by atoms with van der Waals surface area (Å²) >= 11 is 8.21. The Kier molecular flexibility index (Phi) is 6.12. The molecule has 132 valence electrons. The number of hydrogen-bond acceptors (Lipinski definition) is 8. The van der Waals surface area contributed by atoms with Crippen molar-refractivity contribution in [3.63, 3.8) is 0 Å². The van der Waals surface area contributed by atoms with Gasteiger partial charge in [0, 0.05) is 5.02 Å². The molecule has 10 heteroatoms. The Labute approximate surface area is 161 Å². The van der Waals surface area contributed by atoms with Gasteiger partial charge in [-0.05, 0) is 35.7 Å². The van der Waals surface area contributed by atoms with Crippen LogP contribution in [0.3, 0.4) is 0 Å². The first-order valence-corrected chi connectivity index (χ1v) is 9.49. The van der Waals surface area contributed by atoms with Gasteiger partial charge in [0.05, 0.1) is 11.3 Å². The normalized spacial score (nSPS) is 10.3. The second kappa shape index (κ2) is 8.71. The van der Waals surface area contributed by atoms with E-state index in [1.165, 1.54) is 11.3 Å². The molecule has 1 amide bonds. The minimum atomic E-state index is -0.258. The molecule has 0 saturated carbocycles. The van der Waals surface area contributed by atoms with Gasteiger partial charge in [-0.15, -0.1) is 21.5 Å². The number of nitriles is 1. The molecule has 2 aromatic heterocycles. The molecule has 0 unspecified atom stereocenters. The summed E-state index contributed by atoms with van der Waals surface area (Å²) < 4.78 is 10.9. The van der Waals surface area contributed by atoms with Crippen LogP contribution in [-0.4, -0.2) is 21.9 Å². The molecule has 0 aliphatic heterocycles. The fraction of sp³-hybridized carbons (Fsp3) is 0.125. The Morgan fingerprint density at radius 1 is 1.35 bits per heavy atom. The molecule has 0 fully saturated rings. The average Bonchev–Trinajstić information content (AvgIpc) is 3.28. The van der Waals surface area contributed by atoms with E-state index in [-0.39, 0.29) is 23.5 Å². The number of amides is 1. The van der Waals surface area contributed by atoms with E-state index in [2.05, 4.69) is 15.5 Å². The van der Waals surface area contributed by atoms with Crippen LogP contribution in [-0.2, 0) is 11.4 Å². The van der Waals surface area contributed by atoms with E-state index in [4.69, 9.17) is 26.0 Å². The summed E-state index contributed by atoms with van der Waals surface area (Å²) in [5.41, 5.74) is 0.438. The van der Waals surface area contributed by atoms with Crippen molar-refractivity contribution < 1.29 is 13.9 Å². The fourth-order valence-corrected chi connectivity index (χ4v) is 3.27. The Morgan fingerprint density at radius 3 is 2.92 bits per heavy atom. The number of thiophene rings is 1. The Balaban J connectivity index is 1.46. The van der Waals surface area contributed by atoms with Gasteiger partial charge in [-0.1, -0.05) is 23.4 Å². The van der Waals surface area contributed by atoms with E-state index < -0.39 is 0 Å². The number of nitrogens with zero attached hydrogens (tertiary/aromatic N) is 3. The first-order valence-electron chi connectivity index (χ1n) is 7.25. The van der Waals surface area contributed by atoms with Crippen molar-refractivity contribution >= 4 is 45.6 Å². The summed E-state index contributed by atoms with van der Waals surface area (Å²) in [6, 6.07) is 10.6. The number of aromatic nitrogens is 2. The molecule has 1 aromatic carbocycles. The Morgan fingerprint density at radius 2 is 2.15 bits per heavy atom. The third kappa shape index (κ3) is 4.98. The van der Waals surface area contributed by atoms with E-state index >= 15 is 0 Å². The second-order valence-corrected chi connectivity index (χ2v) is 7.10. The van der Waals surface area contributed by atoms with E-state index in [0.717, 1.165) is 11.8 Å². The smallest absolute Gasteiger partial charge is 0.277 e. The van der Waals surface area contributed by atoms with Crippen molar-refractivity contribution in [1.82, 2.24) is 10.2 Å².